The minimum atomic E-state index is -0.340. The van der Waals surface area contributed by atoms with Crippen LogP contribution >= 0.6 is 0 Å². The molecule has 1 rings (SSSR count). The second-order valence-electron chi connectivity index (χ2n) is 2.70. The number of hydrogen-bond donors (Lipinski definition) is 0. The summed E-state index contributed by atoms with van der Waals surface area (Å²) in [5, 5.41) is 0. The van der Waals surface area contributed by atoms with Gasteiger partial charge in [-0.25, -0.2) is 4.79 Å². The molecule has 1 aliphatic rings. The van der Waals surface area contributed by atoms with Crippen molar-refractivity contribution in [2.24, 2.45) is 0 Å². The van der Waals surface area contributed by atoms with E-state index in [1.165, 1.54) is 7.11 Å². The van der Waals surface area contributed by atoms with Crippen molar-refractivity contribution in [1.82, 2.24) is 4.90 Å². The van der Waals surface area contributed by atoms with Crippen molar-refractivity contribution in [2.45, 2.75) is 12.5 Å². The molecule has 3 heteroatoms. The molecule has 0 aromatic carbocycles. The molecule has 0 aliphatic carbocycles. The molecule has 0 aromatic heterocycles. The minimum absolute atomic E-state index is 0.0370. The zero-order chi connectivity index (χ0) is 9.68. The molecule has 0 saturated heterocycles. The lowest BCUT2D eigenvalue weighted by Crippen LogP contribution is -2.35. The summed E-state index contributed by atoms with van der Waals surface area (Å²) in [7, 11) is 1.37. The summed E-state index contributed by atoms with van der Waals surface area (Å²) in [5.41, 5.74) is 0. The second kappa shape index (κ2) is 4.50. The van der Waals surface area contributed by atoms with Crippen LogP contribution in [0, 0.1) is 0 Å². The van der Waals surface area contributed by atoms with Crippen LogP contribution < -0.4 is 0 Å². The van der Waals surface area contributed by atoms with Gasteiger partial charge < -0.3 is 4.74 Å². The highest BCUT2D eigenvalue weighted by Gasteiger charge is 2.19. The monoisotopic (exact) mass is 179 g/mol. The highest BCUT2D eigenvalue weighted by Crippen LogP contribution is 2.13. The van der Waals surface area contributed by atoms with E-state index in [1.54, 1.807) is 23.3 Å². The molecule has 0 fully saturated rings. The molecule has 0 unspecified atom stereocenters. The van der Waals surface area contributed by atoms with Crippen LogP contribution in [0.25, 0.3) is 0 Å². The summed E-state index contributed by atoms with van der Waals surface area (Å²) >= 11 is 0. The van der Waals surface area contributed by atoms with Gasteiger partial charge in [-0.05, 0) is 12.5 Å². The summed E-state index contributed by atoms with van der Waals surface area (Å²) in [6.07, 6.45) is 9.54. The van der Waals surface area contributed by atoms with Gasteiger partial charge in [0.1, 0.15) is 0 Å². The Bertz CT molecular complexity index is 256. The lowest BCUT2D eigenvalue weighted by atomic mass is 10.1. The van der Waals surface area contributed by atoms with E-state index in [-0.39, 0.29) is 12.1 Å². The molecule has 0 aromatic rings. The largest absolute Gasteiger partial charge is 0.452 e. The van der Waals surface area contributed by atoms with Gasteiger partial charge in [0.05, 0.1) is 13.2 Å². The third-order valence-corrected chi connectivity index (χ3v) is 1.84. The Balaban J connectivity index is 2.69. The third kappa shape index (κ3) is 2.21. The lowest BCUT2D eigenvalue weighted by Gasteiger charge is -2.25. The van der Waals surface area contributed by atoms with Crippen LogP contribution in [-0.4, -0.2) is 24.1 Å². The van der Waals surface area contributed by atoms with Crippen molar-refractivity contribution in [2.75, 3.05) is 7.11 Å². The van der Waals surface area contributed by atoms with Gasteiger partial charge in [0.15, 0.2) is 0 Å². The van der Waals surface area contributed by atoms with E-state index in [1.807, 2.05) is 12.2 Å². The molecule has 1 amide bonds. The zero-order valence-corrected chi connectivity index (χ0v) is 7.64. The number of carbonyl (C=O) groups excluding carboxylic acids is 1. The van der Waals surface area contributed by atoms with Gasteiger partial charge in [0, 0.05) is 6.20 Å². The fourth-order valence-electron chi connectivity index (χ4n) is 1.20. The summed E-state index contributed by atoms with van der Waals surface area (Å²) in [6, 6.07) is 0.0370. The fourth-order valence-corrected chi connectivity index (χ4v) is 1.20. The number of hydrogen-bond acceptors (Lipinski definition) is 2. The number of nitrogens with zero attached hydrogens (tertiary/aromatic N) is 1. The van der Waals surface area contributed by atoms with Crippen LogP contribution in [0.2, 0.25) is 0 Å². The number of methoxy groups -OCH3 is 1. The average Bonchev–Trinajstić information content (AvgIpc) is 2.18. The first-order valence-electron chi connectivity index (χ1n) is 4.11. The van der Waals surface area contributed by atoms with E-state index in [0.29, 0.717) is 0 Å². The summed E-state index contributed by atoms with van der Waals surface area (Å²) in [4.78, 5) is 12.8. The van der Waals surface area contributed by atoms with Crippen molar-refractivity contribution < 1.29 is 9.53 Å². The van der Waals surface area contributed by atoms with E-state index >= 15 is 0 Å². The van der Waals surface area contributed by atoms with Crippen LogP contribution in [0.4, 0.5) is 4.79 Å². The smallest absolute Gasteiger partial charge is 0.414 e. The van der Waals surface area contributed by atoms with E-state index in [4.69, 9.17) is 0 Å². The number of ether oxygens (including phenoxy) is 1. The molecule has 3 nitrogen and oxygen atoms in total. The Kier molecular flexibility index (Phi) is 3.31. The Morgan fingerprint density at radius 3 is 3.08 bits per heavy atom. The highest BCUT2D eigenvalue weighted by atomic mass is 16.5. The van der Waals surface area contributed by atoms with Gasteiger partial charge >= 0.3 is 6.09 Å². The van der Waals surface area contributed by atoms with Crippen LogP contribution in [-0.2, 0) is 4.74 Å². The molecule has 1 aliphatic heterocycles. The van der Waals surface area contributed by atoms with Crippen LogP contribution in [0.1, 0.15) is 6.42 Å². The van der Waals surface area contributed by atoms with Gasteiger partial charge in [-0.15, -0.1) is 6.58 Å². The van der Waals surface area contributed by atoms with Gasteiger partial charge in [0.25, 0.3) is 0 Å². The second-order valence-corrected chi connectivity index (χ2v) is 2.70. The zero-order valence-electron chi connectivity index (χ0n) is 7.64. The number of carbonyl (C=O) groups is 1. The van der Waals surface area contributed by atoms with Crippen molar-refractivity contribution in [1.29, 1.82) is 0 Å². The SMILES string of the molecule is C=CC[C@@H]1C=CC=CN1C(=O)OC. The molecular formula is C10H13NO2. The Morgan fingerprint density at radius 1 is 1.69 bits per heavy atom. The standard InChI is InChI=1S/C10H13NO2/c1-3-6-9-7-4-5-8-11(9)10(12)13-2/h3-5,7-9H,1,6H2,2H3/t9-/m1/s1. The van der Waals surface area contributed by atoms with E-state index in [9.17, 15) is 4.79 Å². The van der Waals surface area contributed by atoms with E-state index < -0.39 is 0 Å². The number of amides is 1. The van der Waals surface area contributed by atoms with Crippen molar-refractivity contribution in [3.05, 3.63) is 37.1 Å². The molecule has 0 bridgehead atoms. The maximum atomic E-state index is 11.2. The normalized spacial score (nSPS) is 20.1. The summed E-state index contributed by atoms with van der Waals surface area (Å²) in [5.74, 6) is 0. The molecule has 1 atom stereocenters. The molecular weight excluding hydrogens is 166 g/mol. The molecule has 13 heavy (non-hydrogen) atoms. The van der Waals surface area contributed by atoms with Crippen LogP contribution in [0.15, 0.2) is 37.1 Å². The number of allylic oxidation sites excluding steroid dienone is 2. The molecule has 0 spiro atoms. The maximum Gasteiger partial charge on any atom is 0.414 e. The average molecular weight is 179 g/mol. The van der Waals surface area contributed by atoms with Crippen molar-refractivity contribution in [3.8, 4) is 0 Å². The third-order valence-electron chi connectivity index (χ3n) is 1.84. The molecule has 0 N–H and O–H groups in total. The fraction of sp³-hybridized carbons (Fsp3) is 0.300. The van der Waals surface area contributed by atoms with Crippen molar-refractivity contribution in [3.63, 3.8) is 0 Å². The highest BCUT2D eigenvalue weighted by molar-refractivity contribution is 5.70. The summed E-state index contributed by atoms with van der Waals surface area (Å²) < 4.78 is 4.63. The lowest BCUT2D eigenvalue weighted by molar-refractivity contribution is 0.132. The van der Waals surface area contributed by atoms with Crippen LogP contribution in [0.5, 0.6) is 0 Å². The Morgan fingerprint density at radius 2 is 2.46 bits per heavy atom. The van der Waals surface area contributed by atoms with Gasteiger partial charge in [-0.3, -0.25) is 4.90 Å². The molecule has 0 radical (unpaired) electrons. The quantitative estimate of drug-likeness (QED) is 0.607. The van der Waals surface area contributed by atoms with E-state index in [0.717, 1.165) is 6.42 Å². The first kappa shape index (κ1) is 9.58. The predicted octanol–water partition coefficient (Wildman–Crippen LogP) is 2.08. The van der Waals surface area contributed by atoms with Crippen molar-refractivity contribution >= 4 is 6.09 Å². The summed E-state index contributed by atoms with van der Waals surface area (Å²) in [6.45, 7) is 3.64. The minimum Gasteiger partial charge on any atom is -0.452 e. The first-order chi connectivity index (χ1) is 6.29. The topological polar surface area (TPSA) is 29.5 Å². The Labute approximate surface area is 78.0 Å². The van der Waals surface area contributed by atoms with Gasteiger partial charge in [-0.2, -0.15) is 0 Å². The predicted molar refractivity (Wildman–Crippen MR) is 51.1 cm³/mol. The maximum absolute atomic E-state index is 11.2. The number of rotatable bonds is 2. The van der Waals surface area contributed by atoms with Crippen LogP contribution in [0.3, 0.4) is 0 Å². The van der Waals surface area contributed by atoms with E-state index in [2.05, 4.69) is 11.3 Å². The Hall–Kier alpha value is -1.51. The molecule has 1 heterocycles. The van der Waals surface area contributed by atoms with Gasteiger partial charge in [0.2, 0.25) is 0 Å². The first-order valence-corrected chi connectivity index (χ1v) is 4.11. The molecule has 0 saturated carbocycles. The van der Waals surface area contributed by atoms with Gasteiger partial charge in [-0.1, -0.05) is 18.2 Å². The molecule has 70 valence electrons.